The second-order valence-electron chi connectivity index (χ2n) is 9.42. The highest BCUT2D eigenvalue weighted by Crippen LogP contribution is 2.35. The van der Waals surface area contributed by atoms with Crippen molar-refractivity contribution in [2.24, 2.45) is 0 Å². The fourth-order valence-corrected chi connectivity index (χ4v) is 4.38. The smallest absolute Gasteiger partial charge is 0.249 e. The van der Waals surface area contributed by atoms with E-state index in [0.29, 0.717) is 18.7 Å². The average molecular weight is 511 g/mol. The second-order valence-corrected chi connectivity index (χ2v) is 9.42. The Morgan fingerprint density at radius 1 is 1.08 bits per heavy atom. The van der Waals surface area contributed by atoms with Gasteiger partial charge in [0.15, 0.2) is 6.04 Å². The van der Waals surface area contributed by atoms with Crippen LogP contribution in [0.5, 0.6) is 5.75 Å². The van der Waals surface area contributed by atoms with E-state index in [1.54, 1.807) is 39.9 Å². The third kappa shape index (κ3) is 7.09. The summed E-state index contributed by atoms with van der Waals surface area (Å²) in [6, 6.07) is 17.8. The lowest BCUT2D eigenvalue weighted by molar-refractivity contribution is -0.141. The lowest BCUT2D eigenvalue weighted by Gasteiger charge is -2.30. The van der Waals surface area contributed by atoms with Gasteiger partial charge in [0.1, 0.15) is 5.75 Å². The molecule has 1 atom stereocenters. The SMILES string of the molecule is C=C/C=C(\C=C)CNC(=O)C(c1ccn(Cc2ccccc2)n1)N(C(=O)CCc1ccc(O)cc1)C1CC1. The van der Waals surface area contributed by atoms with Gasteiger partial charge in [-0.05, 0) is 54.2 Å². The predicted molar refractivity (Wildman–Crippen MR) is 148 cm³/mol. The quantitative estimate of drug-likeness (QED) is 0.326. The first-order chi connectivity index (χ1) is 18.5. The zero-order chi connectivity index (χ0) is 26.9. The number of amides is 2. The maximum absolute atomic E-state index is 13.7. The fraction of sp³-hybridized carbons (Fsp3) is 0.258. The summed E-state index contributed by atoms with van der Waals surface area (Å²) in [5.41, 5.74) is 3.40. The summed E-state index contributed by atoms with van der Waals surface area (Å²) < 4.78 is 1.80. The Labute approximate surface area is 223 Å². The van der Waals surface area contributed by atoms with E-state index < -0.39 is 6.04 Å². The molecule has 38 heavy (non-hydrogen) atoms. The summed E-state index contributed by atoms with van der Waals surface area (Å²) in [6.07, 6.45) is 9.44. The molecule has 2 amide bonds. The van der Waals surface area contributed by atoms with Crippen LogP contribution in [0.3, 0.4) is 0 Å². The van der Waals surface area contributed by atoms with Crippen molar-refractivity contribution in [3.05, 3.63) is 121 Å². The van der Waals surface area contributed by atoms with Gasteiger partial charge < -0.3 is 15.3 Å². The van der Waals surface area contributed by atoms with Crippen molar-refractivity contribution < 1.29 is 14.7 Å². The number of nitrogens with one attached hydrogen (secondary N) is 1. The number of aryl methyl sites for hydroxylation is 1. The van der Waals surface area contributed by atoms with Gasteiger partial charge in [-0.2, -0.15) is 5.10 Å². The van der Waals surface area contributed by atoms with Crippen molar-refractivity contribution in [2.75, 3.05) is 6.54 Å². The molecular formula is C31H34N4O3. The van der Waals surface area contributed by atoms with Gasteiger partial charge in [0.25, 0.3) is 0 Å². The zero-order valence-corrected chi connectivity index (χ0v) is 21.5. The van der Waals surface area contributed by atoms with Crippen molar-refractivity contribution in [2.45, 2.75) is 44.3 Å². The number of rotatable bonds is 13. The number of aromatic nitrogens is 2. The van der Waals surface area contributed by atoms with E-state index in [9.17, 15) is 14.7 Å². The van der Waals surface area contributed by atoms with Crippen LogP contribution in [0.4, 0.5) is 0 Å². The molecule has 2 N–H and O–H groups in total. The van der Waals surface area contributed by atoms with Gasteiger partial charge in [0, 0.05) is 25.2 Å². The monoisotopic (exact) mass is 510 g/mol. The molecule has 7 heteroatoms. The van der Waals surface area contributed by atoms with Gasteiger partial charge in [-0.25, -0.2) is 0 Å². The van der Waals surface area contributed by atoms with Gasteiger partial charge in [-0.3, -0.25) is 14.3 Å². The molecule has 1 unspecified atom stereocenters. The van der Waals surface area contributed by atoms with E-state index >= 15 is 0 Å². The average Bonchev–Trinajstić information content (AvgIpc) is 3.67. The van der Waals surface area contributed by atoms with Crippen molar-refractivity contribution in [1.29, 1.82) is 0 Å². The molecular weight excluding hydrogens is 476 g/mol. The Balaban J connectivity index is 1.58. The van der Waals surface area contributed by atoms with Crippen LogP contribution in [0.15, 0.2) is 104 Å². The van der Waals surface area contributed by atoms with Crippen molar-refractivity contribution in [3.8, 4) is 5.75 Å². The van der Waals surface area contributed by atoms with Gasteiger partial charge in [0.2, 0.25) is 11.8 Å². The number of allylic oxidation sites excluding steroid dienone is 2. The predicted octanol–water partition coefficient (Wildman–Crippen LogP) is 4.72. The van der Waals surface area contributed by atoms with Crippen molar-refractivity contribution in [3.63, 3.8) is 0 Å². The normalized spacial score (nSPS) is 13.9. The molecule has 2 aromatic carbocycles. The standard InChI is InChI=1S/C31H34N4O3/c1-3-8-23(4-2)21-32-31(38)30(28-19-20-34(33-28)22-25-9-6-5-7-10-25)35(26-14-15-26)29(37)18-13-24-11-16-27(36)17-12-24/h3-12,16-17,19-20,26,30,36H,1-2,13-15,18,21-22H2,(H,32,38)/b23-8+. The Bertz CT molecular complexity index is 1290. The molecule has 1 aliphatic carbocycles. The van der Waals surface area contributed by atoms with Crippen LogP contribution in [-0.4, -0.2) is 44.2 Å². The van der Waals surface area contributed by atoms with Crippen molar-refractivity contribution >= 4 is 11.8 Å². The Morgan fingerprint density at radius 3 is 2.47 bits per heavy atom. The number of carbonyl (C=O) groups excluding carboxylic acids is 2. The highest BCUT2D eigenvalue weighted by molar-refractivity contribution is 5.89. The molecule has 196 valence electrons. The topological polar surface area (TPSA) is 87.5 Å². The molecule has 1 aliphatic rings. The molecule has 1 fully saturated rings. The maximum atomic E-state index is 13.7. The summed E-state index contributed by atoms with van der Waals surface area (Å²) >= 11 is 0. The van der Waals surface area contributed by atoms with Crippen LogP contribution in [0, 0.1) is 0 Å². The van der Waals surface area contributed by atoms with E-state index in [2.05, 4.69) is 18.5 Å². The van der Waals surface area contributed by atoms with Crippen LogP contribution in [0.1, 0.15) is 42.1 Å². The minimum absolute atomic E-state index is 0.0000620. The van der Waals surface area contributed by atoms with E-state index in [-0.39, 0.29) is 36.6 Å². The van der Waals surface area contributed by atoms with Crippen LogP contribution >= 0.6 is 0 Å². The summed E-state index contributed by atoms with van der Waals surface area (Å²) in [5.74, 6) is -0.188. The van der Waals surface area contributed by atoms with Crippen molar-refractivity contribution in [1.82, 2.24) is 20.0 Å². The number of nitrogens with zero attached hydrogens (tertiary/aromatic N) is 3. The fourth-order valence-electron chi connectivity index (χ4n) is 4.38. The summed E-state index contributed by atoms with van der Waals surface area (Å²) in [7, 11) is 0. The number of hydrogen-bond acceptors (Lipinski definition) is 4. The van der Waals surface area contributed by atoms with E-state index in [4.69, 9.17) is 5.10 Å². The first-order valence-corrected chi connectivity index (χ1v) is 12.9. The molecule has 1 heterocycles. The Hall–Kier alpha value is -4.39. The van der Waals surface area contributed by atoms with Crippen LogP contribution in [0.25, 0.3) is 0 Å². The zero-order valence-electron chi connectivity index (χ0n) is 21.5. The number of phenolic OH excluding ortho intramolecular Hbond substituents is 1. The van der Waals surface area contributed by atoms with E-state index in [1.165, 1.54) is 0 Å². The lowest BCUT2D eigenvalue weighted by Crippen LogP contribution is -2.45. The largest absolute Gasteiger partial charge is 0.508 e. The summed E-state index contributed by atoms with van der Waals surface area (Å²) in [5, 5.41) is 17.3. The molecule has 0 saturated heterocycles. The number of aromatic hydroxyl groups is 1. The van der Waals surface area contributed by atoms with E-state index in [0.717, 1.165) is 29.5 Å². The second kappa shape index (κ2) is 12.7. The molecule has 0 aliphatic heterocycles. The lowest BCUT2D eigenvalue weighted by atomic mass is 10.1. The molecule has 0 bridgehead atoms. The van der Waals surface area contributed by atoms with Crippen LogP contribution in [-0.2, 0) is 22.6 Å². The first kappa shape index (κ1) is 26.7. The number of carbonyl (C=O) groups is 2. The molecule has 0 radical (unpaired) electrons. The molecule has 0 spiro atoms. The summed E-state index contributed by atoms with van der Waals surface area (Å²) in [6.45, 7) is 8.35. The minimum atomic E-state index is -0.846. The van der Waals surface area contributed by atoms with Crippen LogP contribution in [0.2, 0.25) is 0 Å². The maximum Gasteiger partial charge on any atom is 0.249 e. The van der Waals surface area contributed by atoms with Gasteiger partial charge in [-0.15, -0.1) is 0 Å². The molecule has 1 aromatic heterocycles. The molecule has 4 rings (SSSR count). The van der Waals surface area contributed by atoms with Gasteiger partial charge >= 0.3 is 0 Å². The van der Waals surface area contributed by atoms with Gasteiger partial charge in [-0.1, -0.05) is 73.9 Å². The van der Waals surface area contributed by atoms with Gasteiger partial charge in [0.05, 0.1) is 12.2 Å². The summed E-state index contributed by atoms with van der Waals surface area (Å²) in [4.78, 5) is 29.0. The third-order valence-electron chi connectivity index (χ3n) is 6.51. The molecule has 7 nitrogen and oxygen atoms in total. The first-order valence-electron chi connectivity index (χ1n) is 12.9. The molecule has 1 saturated carbocycles. The highest BCUT2D eigenvalue weighted by atomic mass is 16.3. The Morgan fingerprint density at radius 2 is 1.82 bits per heavy atom. The van der Waals surface area contributed by atoms with E-state index in [1.807, 2.05) is 54.7 Å². The number of benzene rings is 2. The Kier molecular flexibility index (Phi) is 8.93. The number of hydrogen-bond donors (Lipinski definition) is 2. The minimum Gasteiger partial charge on any atom is -0.508 e. The molecule has 3 aromatic rings. The number of phenols is 1. The third-order valence-corrected chi connectivity index (χ3v) is 6.51. The highest BCUT2D eigenvalue weighted by Gasteiger charge is 2.42. The van der Waals surface area contributed by atoms with Crippen LogP contribution < -0.4 is 5.32 Å².